The Hall–Kier alpha value is -1.92. The predicted molar refractivity (Wildman–Crippen MR) is 60.8 cm³/mol. The van der Waals surface area contributed by atoms with Crippen LogP contribution in [0.2, 0.25) is 0 Å². The van der Waals surface area contributed by atoms with Gasteiger partial charge in [0.2, 0.25) is 0 Å². The van der Waals surface area contributed by atoms with Gasteiger partial charge in [0, 0.05) is 0 Å². The molecule has 0 heterocycles. The number of nitrogens with one attached hydrogen (secondary N) is 2. The van der Waals surface area contributed by atoms with E-state index in [1.165, 1.54) is 7.11 Å². The van der Waals surface area contributed by atoms with Crippen molar-refractivity contribution in [3.05, 3.63) is 23.8 Å². The zero-order valence-corrected chi connectivity index (χ0v) is 9.89. The maximum absolute atomic E-state index is 11.9. The maximum Gasteiger partial charge on any atom is 0.405 e. The Bertz CT molecular complexity index is 433. The second-order valence-corrected chi connectivity index (χ2v) is 3.63. The number of anilines is 1. The number of rotatable bonds is 3. The molecule has 0 aliphatic carbocycles. The van der Waals surface area contributed by atoms with E-state index >= 15 is 0 Å². The Balaban J connectivity index is 2.66. The number of aryl methyl sites for hydroxylation is 1. The van der Waals surface area contributed by atoms with Crippen LogP contribution in [0.3, 0.4) is 0 Å². The van der Waals surface area contributed by atoms with Crippen molar-refractivity contribution >= 4 is 11.7 Å². The molecule has 0 aliphatic heterocycles. The molecule has 1 aromatic carbocycles. The number of carbonyl (C=O) groups is 1. The molecule has 0 bridgehead atoms. The average Bonchev–Trinajstić information content (AvgIpc) is 2.26. The first-order valence-electron chi connectivity index (χ1n) is 5.08. The van der Waals surface area contributed by atoms with Gasteiger partial charge in [0.05, 0.1) is 12.8 Å². The number of ether oxygens (including phenoxy) is 1. The van der Waals surface area contributed by atoms with E-state index in [2.05, 4.69) is 5.32 Å². The summed E-state index contributed by atoms with van der Waals surface area (Å²) in [6.45, 7) is 0.408. The number of urea groups is 1. The fourth-order valence-corrected chi connectivity index (χ4v) is 1.27. The van der Waals surface area contributed by atoms with Gasteiger partial charge in [-0.15, -0.1) is 0 Å². The van der Waals surface area contributed by atoms with Crippen molar-refractivity contribution in [2.24, 2.45) is 0 Å². The first kappa shape index (κ1) is 14.1. The van der Waals surface area contributed by atoms with Gasteiger partial charge in [0.15, 0.2) is 0 Å². The van der Waals surface area contributed by atoms with Crippen molar-refractivity contribution in [1.29, 1.82) is 0 Å². The summed E-state index contributed by atoms with van der Waals surface area (Å²) in [6.07, 6.45) is -4.44. The molecular formula is C11H13F3N2O2. The van der Waals surface area contributed by atoms with E-state index in [0.29, 0.717) is 11.4 Å². The molecule has 18 heavy (non-hydrogen) atoms. The van der Waals surface area contributed by atoms with Crippen LogP contribution in [-0.4, -0.2) is 25.9 Å². The van der Waals surface area contributed by atoms with Crippen LogP contribution in [0.1, 0.15) is 5.56 Å². The van der Waals surface area contributed by atoms with Crippen LogP contribution in [0.15, 0.2) is 18.2 Å². The lowest BCUT2D eigenvalue weighted by Gasteiger charge is -2.12. The van der Waals surface area contributed by atoms with Gasteiger partial charge in [-0.05, 0) is 24.6 Å². The molecule has 7 heteroatoms. The van der Waals surface area contributed by atoms with Gasteiger partial charge < -0.3 is 15.4 Å². The minimum atomic E-state index is -4.44. The van der Waals surface area contributed by atoms with Gasteiger partial charge >= 0.3 is 12.2 Å². The summed E-state index contributed by atoms with van der Waals surface area (Å²) in [5, 5.41) is 4.01. The minimum absolute atomic E-state index is 0.317. The Morgan fingerprint density at radius 1 is 1.39 bits per heavy atom. The molecular weight excluding hydrogens is 249 g/mol. The summed E-state index contributed by atoms with van der Waals surface area (Å²) in [4.78, 5) is 11.3. The smallest absolute Gasteiger partial charge is 0.405 e. The van der Waals surface area contributed by atoms with Crippen LogP contribution in [-0.2, 0) is 0 Å². The number of methoxy groups -OCH3 is 1. The first-order chi connectivity index (χ1) is 8.31. The zero-order valence-electron chi connectivity index (χ0n) is 9.89. The Labute approximate surface area is 102 Å². The number of amides is 2. The predicted octanol–water partition coefficient (Wildman–Crippen LogP) is 2.69. The Morgan fingerprint density at radius 3 is 2.61 bits per heavy atom. The summed E-state index contributed by atoms with van der Waals surface area (Å²) in [5.74, 6) is 0.378. The van der Waals surface area contributed by atoms with Crippen LogP contribution in [0.25, 0.3) is 0 Å². The topological polar surface area (TPSA) is 50.4 Å². The number of halogens is 3. The third-order valence-electron chi connectivity index (χ3n) is 2.05. The van der Waals surface area contributed by atoms with E-state index in [4.69, 9.17) is 4.74 Å². The molecule has 2 amide bonds. The van der Waals surface area contributed by atoms with Gasteiger partial charge in [0.1, 0.15) is 12.3 Å². The Kier molecular flexibility index (Phi) is 4.41. The van der Waals surface area contributed by atoms with Crippen LogP contribution < -0.4 is 15.4 Å². The molecule has 2 N–H and O–H groups in total. The van der Waals surface area contributed by atoms with Crippen molar-refractivity contribution in [2.75, 3.05) is 19.0 Å². The van der Waals surface area contributed by atoms with Gasteiger partial charge in [0.25, 0.3) is 0 Å². The van der Waals surface area contributed by atoms with Crippen LogP contribution in [0.5, 0.6) is 5.75 Å². The molecule has 0 aliphatic rings. The molecule has 0 radical (unpaired) electrons. The van der Waals surface area contributed by atoms with Crippen molar-refractivity contribution in [2.45, 2.75) is 13.1 Å². The number of benzene rings is 1. The highest BCUT2D eigenvalue weighted by Gasteiger charge is 2.27. The number of hydrogen-bond acceptors (Lipinski definition) is 2. The standard InChI is InChI=1S/C11H13F3N2O2/c1-7-3-4-9(18-2)8(5-7)16-10(17)15-6-11(12,13)14/h3-5H,6H2,1-2H3,(H2,15,16,17). The molecule has 0 saturated heterocycles. The van der Waals surface area contributed by atoms with Crippen molar-refractivity contribution in [3.8, 4) is 5.75 Å². The molecule has 0 spiro atoms. The number of hydrogen-bond donors (Lipinski definition) is 2. The summed E-state index contributed by atoms with van der Waals surface area (Å²) < 4.78 is 40.7. The van der Waals surface area contributed by atoms with Crippen LogP contribution >= 0.6 is 0 Å². The lowest BCUT2D eigenvalue weighted by Crippen LogP contribution is -2.36. The molecule has 0 fully saturated rings. The molecule has 1 rings (SSSR count). The highest BCUT2D eigenvalue weighted by Crippen LogP contribution is 2.25. The Morgan fingerprint density at radius 2 is 2.06 bits per heavy atom. The van der Waals surface area contributed by atoms with Gasteiger partial charge in [-0.1, -0.05) is 6.07 Å². The van der Waals surface area contributed by atoms with E-state index in [1.807, 2.05) is 0 Å². The molecule has 4 nitrogen and oxygen atoms in total. The monoisotopic (exact) mass is 262 g/mol. The van der Waals surface area contributed by atoms with Crippen molar-refractivity contribution in [3.63, 3.8) is 0 Å². The SMILES string of the molecule is COc1ccc(C)cc1NC(=O)NCC(F)(F)F. The first-order valence-corrected chi connectivity index (χ1v) is 5.08. The van der Waals surface area contributed by atoms with Crippen LogP contribution in [0, 0.1) is 6.92 Å². The summed E-state index contributed by atoms with van der Waals surface area (Å²) in [6, 6.07) is 4.05. The normalized spacial score (nSPS) is 10.9. The molecule has 0 unspecified atom stereocenters. The van der Waals surface area contributed by atoms with Gasteiger partial charge in [-0.25, -0.2) is 4.79 Å². The van der Waals surface area contributed by atoms with E-state index in [9.17, 15) is 18.0 Å². The lowest BCUT2D eigenvalue weighted by atomic mass is 10.2. The quantitative estimate of drug-likeness (QED) is 0.879. The fourth-order valence-electron chi connectivity index (χ4n) is 1.27. The third-order valence-corrected chi connectivity index (χ3v) is 2.05. The minimum Gasteiger partial charge on any atom is -0.495 e. The van der Waals surface area contributed by atoms with Crippen LogP contribution in [0.4, 0.5) is 23.7 Å². The van der Waals surface area contributed by atoms with E-state index in [0.717, 1.165) is 5.56 Å². The lowest BCUT2D eigenvalue weighted by molar-refractivity contribution is -0.122. The summed E-state index contributed by atoms with van der Waals surface area (Å²) in [7, 11) is 1.41. The highest BCUT2D eigenvalue weighted by atomic mass is 19.4. The van der Waals surface area contributed by atoms with Crippen molar-refractivity contribution < 1.29 is 22.7 Å². The maximum atomic E-state index is 11.9. The molecule has 0 aromatic heterocycles. The average molecular weight is 262 g/mol. The number of carbonyl (C=O) groups excluding carboxylic acids is 1. The van der Waals surface area contributed by atoms with E-state index in [-0.39, 0.29) is 0 Å². The number of alkyl halides is 3. The van der Waals surface area contributed by atoms with E-state index < -0.39 is 18.8 Å². The largest absolute Gasteiger partial charge is 0.495 e. The van der Waals surface area contributed by atoms with Gasteiger partial charge in [-0.2, -0.15) is 13.2 Å². The van der Waals surface area contributed by atoms with Gasteiger partial charge in [-0.3, -0.25) is 0 Å². The summed E-state index contributed by atoms with van der Waals surface area (Å²) >= 11 is 0. The second-order valence-electron chi connectivity index (χ2n) is 3.63. The zero-order chi connectivity index (χ0) is 13.8. The summed E-state index contributed by atoms with van der Waals surface area (Å²) in [5.41, 5.74) is 1.17. The van der Waals surface area contributed by atoms with Crippen molar-refractivity contribution in [1.82, 2.24) is 5.32 Å². The highest BCUT2D eigenvalue weighted by molar-refractivity contribution is 5.91. The molecule has 0 atom stereocenters. The molecule has 1 aromatic rings. The third kappa shape index (κ3) is 4.52. The fraction of sp³-hybridized carbons (Fsp3) is 0.364. The van der Waals surface area contributed by atoms with E-state index in [1.54, 1.807) is 30.4 Å². The second kappa shape index (κ2) is 5.61. The molecule has 100 valence electrons. The molecule has 0 saturated carbocycles.